The van der Waals surface area contributed by atoms with Gasteiger partial charge in [0.25, 0.3) is 0 Å². The van der Waals surface area contributed by atoms with E-state index in [-0.39, 0.29) is 74.2 Å². The minimum absolute atomic E-state index is 0.150. The van der Waals surface area contributed by atoms with E-state index in [4.69, 9.17) is 0 Å². The number of hydrogen-bond acceptors (Lipinski definition) is 13. The van der Waals surface area contributed by atoms with Crippen LogP contribution in [0, 0.1) is 0 Å². The highest BCUT2D eigenvalue weighted by atomic mass is 16.5. The first-order valence-electron chi connectivity index (χ1n) is 15.2. The van der Waals surface area contributed by atoms with Crippen LogP contribution in [0.4, 0.5) is 0 Å². The topological polar surface area (TPSA) is 173 Å². The molecule has 0 aromatic heterocycles. The monoisotopic (exact) mass is 643 g/mol. The molecule has 0 atom stereocenters. The Kier molecular flexibility index (Phi) is 24.7. The number of nitrogens with one attached hydrogen (secondary N) is 2. The highest BCUT2D eigenvalue weighted by Crippen LogP contribution is 2.01. The molecule has 0 saturated carbocycles. The van der Waals surface area contributed by atoms with Crippen LogP contribution in [0.1, 0.15) is 44.9 Å². The first kappa shape index (κ1) is 41.4. The number of ether oxygens (including phenoxy) is 4. The predicted molar refractivity (Wildman–Crippen MR) is 166 cm³/mol. The van der Waals surface area contributed by atoms with E-state index in [2.05, 4.69) is 36.2 Å². The molecule has 2 N–H and O–H groups in total. The van der Waals surface area contributed by atoms with Crippen LogP contribution in [0.3, 0.4) is 0 Å². The molecule has 0 aliphatic carbocycles. The molecule has 0 aromatic rings. The summed E-state index contributed by atoms with van der Waals surface area (Å²) in [5.41, 5.74) is 0. The maximum atomic E-state index is 12.5. The van der Waals surface area contributed by atoms with E-state index in [9.17, 15) is 28.8 Å². The Morgan fingerprint density at radius 3 is 1.07 bits per heavy atom. The van der Waals surface area contributed by atoms with E-state index in [1.165, 1.54) is 28.4 Å². The lowest BCUT2D eigenvalue weighted by molar-refractivity contribution is -0.142. The van der Waals surface area contributed by atoms with Crippen molar-refractivity contribution in [3.63, 3.8) is 0 Å². The molecule has 0 bridgehead atoms. The van der Waals surface area contributed by atoms with Gasteiger partial charge >= 0.3 is 23.9 Å². The molecule has 0 radical (unpaired) electrons. The van der Waals surface area contributed by atoms with Gasteiger partial charge in [-0.25, -0.2) is 0 Å². The van der Waals surface area contributed by atoms with Gasteiger partial charge in [-0.2, -0.15) is 0 Å². The van der Waals surface area contributed by atoms with Crippen molar-refractivity contribution < 1.29 is 47.7 Å². The Labute approximate surface area is 266 Å². The smallest absolute Gasteiger partial charge is 0.306 e. The van der Waals surface area contributed by atoms with E-state index in [0.29, 0.717) is 78.4 Å². The minimum Gasteiger partial charge on any atom is -0.469 e. The van der Waals surface area contributed by atoms with Gasteiger partial charge in [-0.1, -0.05) is 6.08 Å². The van der Waals surface area contributed by atoms with Crippen LogP contribution >= 0.6 is 0 Å². The van der Waals surface area contributed by atoms with Crippen LogP contribution in [0.2, 0.25) is 0 Å². The first-order valence-corrected chi connectivity index (χ1v) is 15.2. The van der Waals surface area contributed by atoms with Gasteiger partial charge in [0.15, 0.2) is 0 Å². The highest BCUT2D eigenvalue weighted by Gasteiger charge is 2.15. The van der Waals surface area contributed by atoms with E-state index < -0.39 is 0 Å². The lowest BCUT2D eigenvalue weighted by Gasteiger charge is -2.23. The van der Waals surface area contributed by atoms with Crippen LogP contribution < -0.4 is 10.6 Å². The van der Waals surface area contributed by atoms with Crippen LogP contribution in [0.5, 0.6) is 0 Å². The Bertz CT molecular complexity index is 812. The maximum Gasteiger partial charge on any atom is 0.306 e. The fraction of sp³-hybridized carbons (Fsp3) is 0.733. The fourth-order valence-electron chi connectivity index (χ4n) is 4.09. The SMILES string of the molecule is C=CCCN(CCC(=O)NCCN(CCC(=O)OC)CCC(=O)OC)CCC(=O)NCCN(CCC(=O)OC)CCC(=O)OC. The second kappa shape index (κ2) is 26.8. The molecule has 15 nitrogen and oxygen atoms in total. The van der Waals surface area contributed by atoms with E-state index >= 15 is 0 Å². The number of hydrogen-bond donors (Lipinski definition) is 2. The molecule has 15 heteroatoms. The van der Waals surface area contributed by atoms with Gasteiger partial charge in [-0.05, 0) is 6.42 Å². The molecule has 0 aliphatic heterocycles. The third-order valence-electron chi connectivity index (χ3n) is 6.90. The molecule has 0 fully saturated rings. The molecule has 0 spiro atoms. The molecule has 2 amide bonds. The quantitative estimate of drug-likeness (QED) is 0.0681. The fourth-order valence-corrected chi connectivity index (χ4v) is 4.09. The lowest BCUT2D eigenvalue weighted by Crippen LogP contribution is -2.39. The molecule has 0 unspecified atom stereocenters. The second-order valence-electron chi connectivity index (χ2n) is 10.1. The zero-order valence-corrected chi connectivity index (χ0v) is 27.4. The Morgan fingerprint density at radius 1 is 0.489 bits per heavy atom. The van der Waals surface area contributed by atoms with Gasteiger partial charge in [0, 0.05) is 84.8 Å². The van der Waals surface area contributed by atoms with Crippen LogP contribution in [0.15, 0.2) is 12.7 Å². The van der Waals surface area contributed by atoms with Gasteiger partial charge in [0.05, 0.1) is 54.1 Å². The molecule has 0 rings (SSSR count). The summed E-state index contributed by atoms with van der Waals surface area (Å²) < 4.78 is 18.7. The highest BCUT2D eigenvalue weighted by molar-refractivity contribution is 5.76. The third-order valence-corrected chi connectivity index (χ3v) is 6.90. The van der Waals surface area contributed by atoms with Crippen molar-refractivity contribution in [1.29, 1.82) is 0 Å². The number of methoxy groups -OCH3 is 4. The molecule has 0 aliphatic rings. The molecular formula is C30H53N5O10. The lowest BCUT2D eigenvalue weighted by atomic mass is 10.2. The maximum absolute atomic E-state index is 12.5. The van der Waals surface area contributed by atoms with Crippen LogP contribution in [-0.2, 0) is 47.7 Å². The standard InChI is InChI=1S/C30H53N5O10/c1-6-7-16-33(17-8-25(36)31-14-23-34(19-10-27(38)42-2)20-11-28(39)43-3)18-9-26(37)32-15-24-35(21-12-29(40)44-4)22-13-30(41)45-5/h6H,1,7-24H2,2-5H3,(H,31,36)(H,32,37). The normalized spacial score (nSPS) is 10.8. The Balaban J connectivity index is 4.66. The van der Waals surface area contributed by atoms with Gasteiger partial charge in [0.2, 0.25) is 11.8 Å². The van der Waals surface area contributed by atoms with Crippen molar-refractivity contribution >= 4 is 35.7 Å². The second-order valence-corrected chi connectivity index (χ2v) is 10.1. The molecule has 258 valence electrons. The summed E-state index contributed by atoms with van der Waals surface area (Å²) in [6.07, 6.45) is 3.62. The van der Waals surface area contributed by atoms with E-state index in [1.54, 1.807) is 6.08 Å². The van der Waals surface area contributed by atoms with Crippen molar-refractivity contribution in [3.8, 4) is 0 Å². The molecule has 0 heterocycles. The van der Waals surface area contributed by atoms with Gasteiger partial charge < -0.3 is 44.3 Å². The first-order chi connectivity index (χ1) is 21.6. The number of nitrogens with zero attached hydrogens (tertiary/aromatic N) is 3. The summed E-state index contributed by atoms with van der Waals surface area (Å²) in [6.45, 7) is 8.42. The molecule has 0 saturated heterocycles. The summed E-state index contributed by atoms with van der Waals surface area (Å²) in [6, 6.07) is 0. The van der Waals surface area contributed by atoms with Crippen molar-refractivity contribution in [3.05, 3.63) is 12.7 Å². The predicted octanol–water partition coefficient (Wildman–Crippen LogP) is -0.266. The molecular weight excluding hydrogens is 590 g/mol. The zero-order chi connectivity index (χ0) is 33.9. The largest absolute Gasteiger partial charge is 0.469 e. The summed E-state index contributed by atoms with van der Waals surface area (Å²) in [4.78, 5) is 77.0. The Hall–Kier alpha value is -3.56. The van der Waals surface area contributed by atoms with Crippen molar-refractivity contribution in [1.82, 2.24) is 25.3 Å². The van der Waals surface area contributed by atoms with E-state index in [0.717, 1.165) is 0 Å². The van der Waals surface area contributed by atoms with Gasteiger partial charge in [-0.3, -0.25) is 28.8 Å². The van der Waals surface area contributed by atoms with Gasteiger partial charge in [0.1, 0.15) is 0 Å². The van der Waals surface area contributed by atoms with Crippen LogP contribution in [-0.4, -0.2) is 151 Å². The Morgan fingerprint density at radius 2 is 0.778 bits per heavy atom. The molecule has 45 heavy (non-hydrogen) atoms. The zero-order valence-electron chi connectivity index (χ0n) is 27.4. The summed E-state index contributed by atoms with van der Waals surface area (Å²) in [5.74, 6) is -1.73. The number of carbonyl (C=O) groups is 6. The van der Waals surface area contributed by atoms with E-state index in [1.807, 2.05) is 14.7 Å². The van der Waals surface area contributed by atoms with Crippen LogP contribution in [0.25, 0.3) is 0 Å². The summed E-state index contributed by atoms with van der Waals surface area (Å²) >= 11 is 0. The van der Waals surface area contributed by atoms with Crippen molar-refractivity contribution in [2.24, 2.45) is 0 Å². The average molecular weight is 644 g/mol. The minimum atomic E-state index is -0.358. The number of rotatable bonds is 27. The van der Waals surface area contributed by atoms with Gasteiger partial charge in [-0.15, -0.1) is 6.58 Å². The summed E-state index contributed by atoms with van der Waals surface area (Å²) in [5, 5.41) is 5.74. The van der Waals surface area contributed by atoms with Crippen molar-refractivity contribution in [2.45, 2.75) is 44.9 Å². The number of amides is 2. The van der Waals surface area contributed by atoms with Crippen molar-refractivity contribution in [2.75, 3.05) is 100 Å². The average Bonchev–Trinajstić information content (AvgIpc) is 3.05. The molecule has 0 aromatic carbocycles. The summed E-state index contributed by atoms with van der Waals surface area (Å²) in [7, 11) is 5.25. The number of esters is 4. The number of carbonyl (C=O) groups excluding carboxylic acids is 6. The third kappa shape index (κ3) is 23.5.